The van der Waals surface area contributed by atoms with E-state index in [2.05, 4.69) is 10.3 Å². The summed E-state index contributed by atoms with van der Waals surface area (Å²) in [6, 6.07) is 5.66. The average molecular weight is 462 g/mol. The van der Waals surface area contributed by atoms with Crippen LogP contribution in [0.5, 0.6) is 0 Å². The highest BCUT2D eigenvalue weighted by molar-refractivity contribution is 6.33. The zero-order valence-corrected chi connectivity index (χ0v) is 18.9. The van der Waals surface area contributed by atoms with E-state index < -0.39 is 29.2 Å². The molecule has 32 heavy (non-hydrogen) atoms. The minimum atomic E-state index is -0.882. The van der Waals surface area contributed by atoms with Crippen LogP contribution in [0.2, 0.25) is 5.02 Å². The first-order chi connectivity index (χ1) is 15.1. The van der Waals surface area contributed by atoms with Crippen molar-refractivity contribution in [3.8, 4) is 0 Å². The van der Waals surface area contributed by atoms with Crippen molar-refractivity contribution < 1.29 is 14.3 Å². The van der Waals surface area contributed by atoms with Crippen molar-refractivity contribution in [3.63, 3.8) is 0 Å². The lowest BCUT2D eigenvalue weighted by atomic mass is 10.0. The molecule has 0 radical (unpaired) electrons. The number of carbonyl (C=O) groups is 2. The van der Waals surface area contributed by atoms with Crippen molar-refractivity contribution in [1.82, 2.24) is 24.0 Å². The fourth-order valence-corrected chi connectivity index (χ4v) is 3.48. The zero-order valence-electron chi connectivity index (χ0n) is 18.2. The third-order valence-electron chi connectivity index (χ3n) is 5.12. The number of carbonyl (C=O) groups excluding carboxylic acids is 2. The Morgan fingerprint density at radius 2 is 1.84 bits per heavy atom. The minimum Gasteiger partial charge on any atom is -0.462 e. The minimum absolute atomic E-state index is 0.0541. The molecule has 11 heteroatoms. The average Bonchev–Trinajstić information content (AvgIpc) is 3.18. The predicted molar refractivity (Wildman–Crippen MR) is 119 cm³/mol. The monoisotopic (exact) mass is 461 g/mol. The van der Waals surface area contributed by atoms with Crippen molar-refractivity contribution in [1.29, 1.82) is 0 Å². The molecule has 170 valence electrons. The lowest BCUT2D eigenvalue weighted by molar-refractivity contribution is -0.147. The van der Waals surface area contributed by atoms with Crippen LogP contribution in [0.15, 0.2) is 40.2 Å². The summed E-state index contributed by atoms with van der Waals surface area (Å²) in [6.07, 6.45) is 1.42. The summed E-state index contributed by atoms with van der Waals surface area (Å²) in [5.74, 6) is -1.31. The van der Waals surface area contributed by atoms with Crippen LogP contribution in [-0.2, 0) is 30.2 Å². The first-order valence-corrected chi connectivity index (χ1v) is 10.3. The van der Waals surface area contributed by atoms with E-state index in [1.54, 1.807) is 38.1 Å². The van der Waals surface area contributed by atoms with E-state index in [-0.39, 0.29) is 40.8 Å². The van der Waals surface area contributed by atoms with E-state index >= 15 is 0 Å². The van der Waals surface area contributed by atoms with Crippen molar-refractivity contribution in [2.24, 2.45) is 20.0 Å². The number of esters is 1. The first-order valence-electron chi connectivity index (χ1n) is 9.96. The summed E-state index contributed by atoms with van der Waals surface area (Å²) in [6.45, 7) is 3.67. The molecule has 2 aromatic heterocycles. The zero-order chi connectivity index (χ0) is 23.6. The lowest BCUT2D eigenvalue weighted by Gasteiger charge is -2.21. The number of hydrogen-bond acceptors (Lipinski definition) is 6. The van der Waals surface area contributed by atoms with Gasteiger partial charge in [-0.3, -0.25) is 18.7 Å². The van der Waals surface area contributed by atoms with Crippen LogP contribution >= 0.6 is 11.6 Å². The lowest BCUT2D eigenvalue weighted by Crippen LogP contribution is -2.45. The van der Waals surface area contributed by atoms with E-state index in [0.717, 1.165) is 4.57 Å². The highest BCUT2D eigenvalue weighted by atomic mass is 35.5. The fourth-order valence-electron chi connectivity index (χ4n) is 3.26. The molecule has 10 nitrogen and oxygen atoms in total. The van der Waals surface area contributed by atoms with Gasteiger partial charge in [0.1, 0.15) is 12.6 Å². The molecule has 0 bridgehead atoms. The molecule has 3 aromatic rings. The summed E-state index contributed by atoms with van der Waals surface area (Å²) in [5, 5.41) is 2.95. The standard InChI is InChI=1S/C21H24ClN5O5/c1-12(2)15(24-18(28)13-7-5-6-8-14(13)22)20(30)32-10-9-27-11-23-17-16(27)19(29)26(4)21(31)25(17)3/h5-8,11-12,15H,9-10H2,1-4H3,(H,24,28). The number of amides is 1. The number of fused-ring (bicyclic) bond motifs is 1. The molecular formula is C21H24ClN5O5. The van der Waals surface area contributed by atoms with Gasteiger partial charge in [-0.05, 0) is 18.1 Å². The van der Waals surface area contributed by atoms with Crippen molar-refractivity contribution in [2.75, 3.05) is 6.61 Å². The molecule has 0 aliphatic heterocycles. The maximum absolute atomic E-state index is 12.6. The number of aromatic nitrogens is 4. The first kappa shape index (κ1) is 23.3. The normalized spacial score (nSPS) is 12.2. The molecule has 0 saturated carbocycles. The maximum Gasteiger partial charge on any atom is 0.332 e. The Morgan fingerprint density at radius 1 is 1.16 bits per heavy atom. The number of rotatable bonds is 7. The molecule has 3 rings (SSSR count). The number of imidazole rings is 1. The second kappa shape index (κ2) is 9.39. The Morgan fingerprint density at radius 3 is 2.50 bits per heavy atom. The summed E-state index contributed by atoms with van der Waals surface area (Å²) in [7, 11) is 2.91. The number of nitrogens with zero attached hydrogens (tertiary/aromatic N) is 4. The number of nitrogens with one attached hydrogen (secondary N) is 1. The van der Waals surface area contributed by atoms with Gasteiger partial charge in [0.2, 0.25) is 0 Å². The highest BCUT2D eigenvalue weighted by Crippen LogP contribution is 2.16. The van der Waals surface area contributed by atoms with Gasteiger partial charge in [-0.15, -0.1) is 0 Å². The van der Waals surface area contributed by atoms with E-state index in [1.807, 2.05) is 0 Å². The molecule has 0 fully saturated rings. The summed E-state index contributed by atoms with van der Waals surface area (Å²) in [5.41, 5.74) is -0.222. The molecular weight excluding hydrogens is 438 g/mol. The smallest absolute Gasteiger partial charge is 0.332 e. The highest BCUT2D eigenvalue weighted by Gasteiger charge is 2.27. The van der Waals surface area contributed by atoms with Crippen molar-refractivity contribution in [2.45, 2.75) is 26.4 Å². The van der Waals surface area contributed by atoms with Gasteiger partial charge in [-0.2, -0.15) is 0 Å². The van der Waals surface area contributed by atoms with E-state index in [0.29, 0.717) is 0 Å². The van der Waals surface area contributed by atoms with Gasteiger partial charge >= 0.3 is 11.7 Å². The quantitative estimate of drug-likeness (QED) is 0.526. The summed E-state index contributed by atoms with van der Waals surface area (Å²) < 4.78 is 9.16. The predicted octanol–water partition coefficient (Wildman–Crippen LogP) is 1.08. The van der Waals surface area contributed by atoms with Crippen molar-refractivity contribution in [3.05, 3.63) is 62.0 Å². The van der Waals surface area contributed by atoms with Crippen molar-refractivity contribution >= 4 is 34.6 Å². The third-order valence-corrected chi connectivity index (χ3v) is 5.45. The molecule has 1 N–H and O–H groups in total. The Labute approximate surface area is 188 Å². The second-order valence-corrected chi connectivity index (χ2v) is 8.07. The third kappa shape index (κ3) is 4.45. The van der Waals surface area contributed by atoms with E-state index in [1.165, 1.54) is 29.6 Å². The van der Waals surface area contributed by atoms with Gasteiger partial charge in [0, 0.05) is 14.1 Å². The van der Waals surface area contributed by atoms with Crippen LogP contribution in [0.1, 0.15) is 24.2 Å². The maximum atomic E-state index is 12.6. The second-order valence-electron chi connectivity index (χ2n) is 7.66. The van der Waals surface area contributed by atoms with Crippen LogP contribution in [0.4, 0.5) is 0 Å². The van der Waals surface area contributed by atoms with E-state index in [4.69, 9.17) is 16.3 Å². The molecule has 0 aliphatic carbocycles. The molecule has 1 atom stereocenters. The largest absolute Gasteiger partial charge is 0.462 e. The van der Waals surface area contributed by atoms with Gasteiger partial charge in [-0.25, -0.2) is 14.6 Å². The Hall–Kier alpha value is -3.40. The number of ether oxygens (including phenoxy) is 1. The van der Waals surface area contributed by atoms with E-state index in [9.17, 15) is 19.2 Å². The Bertz CT molecular complexity index is 1290. The summed E-state index contributed by atoms with van der Waals surface area (Å²) >= 11 is 6.06. The SMILES string of the molecule is CC(C)C(NC(=O)c1ccccc1Cl)C(=O)OCCn1cnc2c1c(=O)n(C)c(=O)n2C. The molecule has 1 amide bonds. The number of halogens is 1. The van der Waals surface area contributed by atoms with Gasteiger partial charge in [0.15, 0.2) is 11.2 Å². The van der Waals surface area contributed by atoms with Gasteiger partial charge in [0.25, 0.3) is 11.5 Å². The van der Waals surface area contributed by atoms with Crippen LogP contribution in [-0.4, -0.2) is 43.2 Å². The fraction of sp³-hybridized carbons (Fsp3) is 0.381. The number of hydrogen-bond donors (Lipinski definition) is 1. The molecule has 2 heterocycles. The number of aryl methyl sites for hydroxylation is 1. The Kier molecular flexibility index (Phi) is 6.83. The molecule has 0 spiro atoms. The van der Waals surface area contributed by atoms with Gasteiger partial charge in [0.05, 0.1) is 23.5 Å². The Balaban J connectivity index is 1.70. The molecule has 1 aromatic carbocycles. The molecule has 1 unspecified atom stereocenters. The number of benzene rings is 1. The van der Waals surface area contributed by atoms with Crippen LogP contribution < -0.4 is 16.6 Å². The topological polar surface area (TPSA) is 117 Å². The van der Waals surface area contributed by atoms with Gasteiger partial charge in [-0.1, -0.05) is 37.6 Å². The molecule has 0 saturated heterocycles. The summed E-state index contributed by atoms with van der Waals surface area (Å²) in [4.78, 5) is 53.8. The van der Waals surface area contributed by atoms with Gasteiger partial charge < -0.3 is 14.6 Å². The molecule has 0 aliphatic rings. The van der Waals surface area contributed by atoms with Crippen LogP contribution in [0, 0.1) is 5.92 Å². The van der Waals surface area contributed by atoms with Crippen LogP contribution in [0.3, 0.4) is 0 Å². The van der Waals surface area contributed by atoms with Crippen LogP contribution in [0.25, 0.3) is 11.2 Å².